The van der Waals surface area contributed by atoms with Gasteiger partial charge in [-0.15, -0.1) is 0 Å². The first-order valence-electron chi connectivity index (χ1n) is 21.7. The lowest BCUT2D eigenvalue weighted by molar-refractivity contribution is 0.660. The Morgan fingerprint density at radius 1 is 0.381 bits per heavy atom. The summed E-state index contributed by atoms with van der Waals surface area (Å²) in [4.78, 5) is 10.8. The molecule has 3 heterocycles. The highest BCUT2D eigenvalue weighted by Crippen LogP contribution is 2.50. The van der Waals surface area contributed by atoms with Gasteiger partial charge in [-0.3, -0.25) is 4.57 Å². The average molecular weight is 805 g/mol. The van der Waals surface area contributed by atoms with Gasteiger partial charge in [-0.25, -0.2) is 9.97 Å². The van der Waals surface area contributed by atoms with Gasteiger partial charge < -0.3 is 4.57 Å². The van der Waals surface area contributed by atoms with Gasteiger partial charge in [0.15, 0.2) is 0 Å². The van der Waals surface area contributed by atoms with Gasteiger partial charge in [-0.2, -0.15) is 0 Å². The summed E-state index contributed by atoms with van der Waals surface area (Å²) in [6.07, 6.45) is 0. The van der Waals surface area contributed by atoms with Gasteiger partial charge in [-0.05, 0) is 87.1 Å². The van der Waals surface area contributed by atoms with E-state index in [9.17, 15) is 0 Å². The number of rotatable bonds is 5. The Morgan fingerprint density at radius 3 is 1.68 bits per heavy atom. The molecule has 9 aromatic carbocycles. The fraction of sp³-hybridized carbons (Fsp3) is 0.0508. The van der Waals surface area contributed by atoms with Crippen LogP contribution in [0.25, 0.3) is 111 Å². The van der Waals surface area contributed by atoms with Crippen LogP contribution >= 0.6 is 0 Å². The van der Waals surface area contributed by atoms with Gasteiger partial charge in [0.1, 0.15) is 0 Å². The molecule has 3 aromatic heterocycles. The topological polar surface area (TPSA) is 35.6 Å². The third-order valence-corrected chi connectivity index (χ3v) is 13.5. The van der Waals surface area contributed by atoms with Crippen LogP contribution in [0.5, 0.6) is 0 Å². The Kier molecular flexibility index (Phi) is 7.62. The summed E-state index contributed by atoms with van der Waals surface area (Å²) in [5.41, 5.74) is 17.1. The molecule has 0 spiro atoms. The van der Waals surface area contributed by atoms with E-state index >= 15 is 0 Å². The van der Waals surface area contributed by atoms with E-state index in [4.69, 9.17) is 9.97 Å². The van der Waals surface area contributed by atoms with Crippen LogP contribution in [0.15, 0.2) is 206 Å². The third kappa shape index (κ3) is 5.28. The number of benzene rings is 9. The van der Waals surface area contributed by atoms with Crippen molar-refractivity contribution in [3.63, 3.8) is 0 Å². The summed E-state index contributed by atoms with van der Waals surface area (Å²) in [5.74, 6) is 0.636. The van der Waals surface area contributed by atoms with Gasteiger partial charge in [0.2, 0.25) is 5.95 Å². The molecule has 1 aliphatic carbocycles. The molecule has 13 rings (SSSR count). The van der Waals surface area contributed by atoms with Crippen LogP contribution < -0.4 is 0 Å². The van der Waals surface area contributed by atoms with Crippen molar-refractivity contribution in [2.45, 2.75) is 19.3 Å². The predicted octanol–water partition coefficient (Wildman–Crippen LogP) is 15.1. The molecule has 63 heavy (non-hydrogen) atoms. The maximum atomic E-state index is 5.41. The molecule has 0 amide bonds. The highest BCUT2D eigenvalue weighted by Gasteiger charge is 2.35. The molecule has 0 saturated heterocycles. The molecule has 0 aliphatic heterocycles. The molecule has 12 aromatic rings. The van der Waals surface area contributed by atoms with Gasteiger partial charge in [0.25, 0.3) is 0 Å². The monoisotopic (exact) mass is 804 g/mol. The first-order chi connectivity index (χ1) is 31.0. The van der Waals surface area contributed by atoms with Crippen molar-refractivity contribution >= 4 is 54.4 Å². The maximum Gasteiger partial charge on any atom is 0.235 e. The highest BCUT2D eigenvalue weighted by atomic mass is 15.2. The van der Waals surface area contributed by atoms with E-state index in [1.807, 2.05) is 12.1 Å². The number of fused-ring (bicyclic) bond motifs is 10. The fourth-order valence-corrected chi connectivity index (χ4v) is 10.6. The van der Waals surface area contributed by atoms with Gasteiger partial charge in [-0.1, -0.05) is 172 Å². The molecule has 0 bridgehead atoms. The van der Waals surface area contributed by atoms with Gasteiger partial charge in [0.05, 0.1) is 33.5 Å². The lowest BCUT2D eigenvalue weighted by Crippen LogP contribution is -2.15. The van der Waals surface area contributed by atoms with E-state index in [1.54, 1.807) is 0 Å². The summed E-state index contributed by atoms with van der Waals surface area (Å²) in [6.45, 7) is 4.71. The van der Waals surface area contributed by atoms with E-state index in [2.05, 4.69) is 217 Å². The minimum absolute atomic E-state index is 0.0990. The minimum Gasteiger partial charge on any atom is -0.309 e. The zero-order chi connectivity index (χ0) is 41.8. The Hall–Kier alpha value is -8.08. The fourth-order valence-electron chi connectivity index (χ4n) is 10.6. The lowest BCUT2D eigenvalue weighted by Gasteiger charge is -2.22. The van der Waals surface area contributed by atoms with E-state index in [1.165, 1.54) is 65.9 Å². The summed E-state index contributed by atoms with van der Waals surface area (Å²) >= 11 is 0. The van der Waals surface area contributed by atoms with E-state index in [-0.39, 0.29) is 5.41 Å². The van der Waals surface area contributed by atoms with Crippen molar-refractivity contribution in [3.05, 3.63) is 217 Å². The van der Waals surface area contributed by atoms with Crippen LogP contribution in [0.4, 0.5) is 0 Å². The van der Waals surface area contributed by atoms with E-state index < -0.39 is 0 Å². The van der Waals surface area contributed by atoms with Crippen molar-refractivity contribution < 1.29 is 0 Å². The molecule has 4 nitrogen and oxygen atoms in total. The van der Waals surface area contributed by atoms with Gasteiger partial charge >= 0.3 is 0 Å². The lowest BCUT2D eigenvalue weighted by atomic mass is 9.82. The highest BCUT2D eigenvalue weighted by molar-refractivity contribution is 6.22. The second-order valence-corrected chi connectivity index (χ2v) is 17.4. The third-order valence-electron chi connectivity index (χ3n) is 13.5. The van der Waals surface area contributed by atoms with Crippen molar-refractivity contribution in [1.29, 1.82) is 0 Å². The zero-order valence-corrected chi connectivity index (χ0v) is 34.9. The number of hydrogen-bond acceptors (Lipinski definition) is 2. The summed E-state index contributed by atoms with van der Waals surface area (Å²) < 4.78 is 4.76. The molecule has 0 atom stereocenters. The SMILES string of the molecule is CC1(C)c2ccccc2-c2ccc(-n3c4ccccc4c4cc(-c5c6ccccc6cc6c7ccccc7n(-c7nc(-c8ccccc8)cc(-c8ccccc8)n7)c56)ccc43)cc21. The standard InChI is InChI=1S/C59H40N4/c1-59(2)49-26-14-11-23-43(49)44-31-30-41(35-50(44)59)62-53-27-15-12-24-45(53)47-34-40(29-32-55(47)62)56-42-22-10-9-21-39(42)33-48-46-25-13-16-28-54(46)63(57(48)56)58-60-51(37-17-5-3-6-18-37)36-52(61-58)38-19-7-4-8-20-38/h3-36H,1-2H3. The summed E-state index contributed by atoms with van der Waals surface area (Å²) in [6, 6.07) is 74.7. The normalized spacial score (nSPS) is 13.0. The van der Waals surface area contributed by atoms with Crippen molar-refractivity contribution in [3.8, 4) is 56.4 Å². The van der Waals surface area contributed by atoms with E-state index in [0.29, 0.717) is 5.95 Å². The molecule has 0 unspecified atom stereocenters. The van der Waals surface area contributed by atoms with Crippen LogP contribution in [-0.4, -0.2) is 19.1 Å². The van der Waals surface area contributed by atoms with Crippen molar-refractivity contribution in [2.75, 3.05) is 0 Å². The van der Waals surface area contributed by atoms with E-state index in [0.717, 1.165) is 50.1 Å². The van der Waals surface area contributed by atoms with Gasteiger partial charge in [0, 0.05) is 49.3 Å². The van der Waals surface area contributed by atoms with Crippen LogP contribution in [0.1, 0.15) is 25.0 Å². The van der Waals surface area contributed by atoms with Crippen molar-refractivity contribution in [2.24, 2.45) is 0 Å². The summed E-state index contributed by atoms with van der Waals surface area (Å²) in [7, 11) is 0. The van der Waals surface area contributed by atoms with Crippen LogP contribution in [0.3, 0.4) is 0 Å². The largest absolute Gasteiger partial charge is 0.309 e. The number of para-hydroxylation sites is 2. The summed E-state index contributed by atoms with van der Waals surface area (Å²) in [5, 5.41) is 7.13. The first kappa shape index (κ1) is 35.7. The molecule has 4 heteroatoms. The van der Waals surface area contributed by atoms with Crippen LogP contribution in [-0.2, 0) is 5.41 Å². The molecule has 0 saturated carbocycles. The molecular weight excluding hydrogens is 765 g/mol. The number of nitrogens with zero attached hydrogens (tertiary/aromatic N) is 4. The van der Waals surface area contributed by atoms with Crippen LogP contribution in [0, 0.1) is 0 Å². The quantitative estimate of drug-likeness (QED) is 0.174. The zero-order valence-electron chi connectivity index (χ0n) is 34.9. The average Bonchev–Trinajstić information content (AvgIpc) is 3.93. The molecule has 1 aliphatic rings. The van der Waals surface area contributed by atoms with Crippen molar-refractivity contribution in [1.82, 2.24) is 19.1 Å². The number of aromatic nitrogens is 4. The van der Waals surface area contributed by atoms with Crippen LogP contribution in [0.2, 0.25) is 0 Å². The molecule has 296 valence electrons. The predicted molar refractivity (Wildman–Crippen MR) is 262 cm³/mol. The second kappa shape index (κ2) is 13.5. The second-order valence-electron chi connectivity index (χ2n) is 17.4. The Balaban J connectivity index is 1.09. The molecule has 0 radical (unpaired) electrons. The molecule has 0 fully saturated rings. The molecule has 0 N–H and O–H groups in total. The minimum atomic E-state index is -0.0990. The Labute approximate surface area is 365 Å². The first-order valence-corrected chi connectivity index (χ1v) is 21.7. The maximum absolute atomic E-state index is 5.41. The Bertz CT molecular complexity index is 3760. The Morgan fingerprint density at radius 2 is 0.952 bits per heavy atom. The number of hydrogen-bond donors (Lipinski definition) is 0. The molecular formula is C59H40N4. The smallest absolute Gasteiger partial charge is 0.235 e.